The quantitative estimate of drug-likeness (QED) is 0.762. The molecule has 0 radical (unpaired) electrons. The lowest BCUT2D eigenvalue weighted by atomic mass is 10.2. The molecule has 0 N–H and O–H groups in total. The molecule has 2 fully saturated rings. The van der Waals surface area contributed by atoms with Gasteiger partial charge in [0.25, 0.3) is 5.91 Å². The minimum absolute atomic E-state index is 0.100. The van der Waals surface area contributed by atoms with Crippen molar-refractivity contribution in [1.29, 1.82) is 0 Å². The highest BCUT2D eigenvalue weighted by Gasteiger charge is 2.27. The van der Waals surface area contributed by atoms with Crippen molar-refractivity contribution in [3.8, 4) is 0 Å². The van der Waals surface area contributed by atoms with Crippen molar-refractivity contribution >= 4 is 21.6 Å². The van der Waals surface area contributed by atoms with E-state index in [1.165, 1.54) is 10.6 Å². The lowest BCUT2D eigenvalue weighted by Gasteiger charge is -2.35. The van der Waals surface area contributed by atoms with Gasteiger partial charge < -0.3 is 19.0 Å². The van der Waals surface area contributed by atoms with Gasteiger partial charge in [-0.15, -0.1) is 0 Å². The molecule has 150 valence electrons. The number of carbonyl (C=O) groups is 1. The molecule has 28 heavy (non-hydrogen) atoms. The lowest BCUT2D eigenvalue weighted by molar-refractivity contribution is 0.0714. The fourth-order valence-corrected chi connectivity index (χ4v) is 4.90. The van der Waals surface area contributed by atoms with Gasteiger partial charge in [-0.1, -0.05) is 0 Å². The maximum atomic E-state index is 12.7. The van der Waals surface area contributed by atoms with Crippen LogP contribution in [-0.2, 0) is 14.8 Å². The maximum Gasteiger partial charge on any atom is 0.289 e. The van der Waals surface area contributed by atoms with E-state index < -0.39 is 10.0 Å². The molecule has 4 rings (SSSR count). The molecule has 2 saturated heterocycles. The van der Waals surface area contributed by atoms with Gasteiger partial charge in [-0.3, -0.25) is 4.79 Å². The largest absolute Gasteiger partial charge is 0.459 e. The van der Waals surface area contributed by atoms with Crippen LogP contribution in [0.1, 0.15) is 10.6 Å². The number of ether oxygens (including phenoxy) is 1. The molecule has 2 aliphatic rings. The fraction of sp³-hybridized carbons (Fsp3) is 0.421. The van der Waals surface area contributed by atoms with Gasteiger partial charge in [0.15, 0.2) is 5.76 Å². The number of hydrogen-bond donors (Lipinski definition) is 0. The van der Waals surface area contributed by atoms with E-state index in [9.17, 15) is 13.2 Å². The van der Waals surface area contributed by atoms with Crippen molar-refractivity contribution in [2.45, 2.75) is 4.90 Å². The van der Waals surface area contributed by atoms with E-state index in [0.717, 1.165) is 5.69 Å². The second kappa shape index (κ2) is 7.94. The van der Waals surface area contributed by atoms with Crippen LogP contribution < -0.4 is 4.90 Å². The normalized spacial score (nSPS) is 19.0. The summed E-state index contributed by atoms with van der Waals surface area (Å²) in [6.07, 6.45) is 1.50. The van der Waals surface area contributed by atoms with Crippen LogP contribution in [0.2, 0.25) is 0 Å². The molecule has 0 saturated carbocycles. The second-order valence-corrected chi connectivity index (χ2v) is 8.70. The summed E-state index contributed by atoms with van der Waals surface area (Å²) in [4.78, 5) is 16.6. The van der Waals surface area contributed by atoms with Crippen molar-refractivity contribution in [1.82, 2.24) is 9.21 Å². The van der Waals surface area contributed by atoms with Crippen LogP contribution in [0, 0.1) is 0 Å². The van der Waals surface area contributed by atoms with Gasteiger partial charge in [0.1, 0.15) is 0 Å². The Balaban J connectivity index is 1.39. The summed E-state index contributed by atoms with van der Waals surface area (Å²) >= 11 is 0. The number of rotatable bonds is 4. The van der Waals surface area contributed by atoms with E-state index in [1.807, 2.05) is 12.1 Å². The number of morpholine rings is 1. The zero-order chi connectivity index (χ0) is 19.6. The van der Waals surface area contributed by atoms with Crippen LogP contribution in [0.25, 0.3) is 0 Å². The molecule has 1 amide bonds. The summed E-state index contributed by atoms with van der Waals surface area (Å²) in [5, 5.41) is 0. The number of hydrogen-bond acceptors (Lipinski definition) is 6. The van der Waals surface area contributed by atoms with E-state index in [2.05, 4.69) is 4.90 Å². The van der Waals surface area contributed by atoms with Crippen LogP contribution in [0.3, 0.4) is 0 Å². The predicted octanol–water partition coefficient (Wildman–Crippen LogP) is 1.26. The highest BCUT2D eigenvalue weighted by Crippen LogP contribution is 2.23. The summed E-state index contributed by atoms with van der Waals surface area (Å²) < 4.78 is 37.3. The summed E-state index contributed by atoms with van der Waals surface area (Å²) in [6, 6.07) is 10.3. The first-order chi connectivity index (χ1) is 13.6. The van der Waals surface area contributed by atoms with E-state index in [-0.39, 0.29) is 5.91 Å². The topological polar surface area (TPSA) is 83.3 Å². The van der Waals surface area contributed by atoms with E-state index in [1.54, 1.807) is 29.2 Å². The van der Waals surface area contributed by atoms with Gasteiger partial charge in [0.05, 0.1) is 24.4 Å². The molecule has 1 aromatic carbocycles. The smallest absolute Gasteiger partial charge is 0.289 e. The summed E-state index contributed by atoms with van der Waals surface area (Å²) in [5.41, 5.74) is 0.950. The zero-order valence-corrected chi connectivity index (χ0v) is 16.3. The number of carbonyl (C=O) groups excluding carboxylic acids is 1. The minimum atomic E-state index is -3.48. The molecule has 8 nitrogen and oxygen atoms in total. The first kappa shape index (κ1) is 19.0. The molecule has 0 aliphatic carbocycles. The minimum Gasteiger partial charge on any atom is -0.459 e. The van der Waals surface area contributed by atoms with Crippen molar-refractivity contribution in [2.75, 3.05) is 57.4 Å². The summed E-state index contributed by atoms with van der Waals surface area (Å²) in [7, 11) is -3.48. The van der Waals surface area contributed by atoms with Gasteiger partial charge in [-0.05, 0) is 36.4 Å². The molecular formula is C19H23N3O5S. The number of amides is 1. The van der Waals surface area contributed by atoms with Crippen LogP contribution in [0.5, 0.6) is 0 Å². The van der Waals surface area contributed by atoms with Crippen molar-refractivity contribution < 1.29 is 22.4 Å². The molecule has 0 spiro atoms. The molecule has 1 aromatic heterocycles. The molecular weight excluding hydrogens is 382 g/mol. The Bertz CT molecular complexity index is 898. The molecule has 2 aromatic rings. The Hall–Kier alpha value is -2.36. The molecule has 2 aliphatic heterocycles. The third kappa shape index (κ3) is 3.78. The van der Waals surface area contributed by atoms with Crippen LogP contribution in [0.15, 0.2) is 52.0 Å². The standard InChI is InChI=1S/C19H23N3O5S/c23-19(18-2-1-13-27-18)21-9-7-20(8-10-21)16-3-5-17(6-4-16)28(24,25)22-11-14-26-15-12-22/h1-6,13H,7-12,14-15H2. The third-order valence-corrected chi connectivity index (χ3v) is 7.02. The monoisotopic (exact) mass is 405 g/mol. The third-order valence-electron chi connectivity index (χ3n) is 5.11. The Labute approximate surface area is 164 Å². The van der Waals surface area contributed by atoms with Gasteiger partial charge in [0, 0.05) is 45.0 Å². The van der Waals surface area contributed by atoms with Crippen LogP contribution in [-0.4, -0.2) is 76.0 Å². The average molecular weight is 405 g/mol. The summed E-state index contributed by atoms with van der Waals surface area (Å²) in [6.45, 7) is 4.17. The molecule has 9 heteroatoms. The molecule has 3 heterocycles. The number of benzene rings is 1. The zero-order valence-electron chi connectivity index (χ0n) is 15.5. The van der Waals surface area contributed by atoms with Crippen molar-refractivity contribution in [2.24, 2.45) is 0 Å². The Morgan fingerprint density at radius 1 is 0.893 bits per heavy atom. The number of sulfonamides is 1. The van der Waals surface area contributed by atoms with Gasteiger partial charge >= 0.3 is 0 Å². The highest BCUT2D eigenvalue weighted by molar-refractivity contribution is 7.89. The van der Waals surface area contributed by atoms with Gasteiger partial charge in [-0.25, -0.2) is 8.42 Å². The molecule has 0 bridgehead atoms. The lowest BCUT2D eigenvalue weighted by Crippen LogP contribution is -2.48. The van der Waals surface area contributed by atoms with Crippen LogP contribution in [0.4, 0.5) is 5.69 Å². The number of nitrogens with zero attached hydrogens (tertiary/aromatic N) is 3. The van der Waals surface area contributed by atoms with E-state index in [0.29, 0.717) is 63.1 Å². The van der Waals surface area contributed by atoms with E-state index in [4.69, 9.17) is 9.15 Å². The average Bonchev–Trinajstić information content (AvgIpc) is 3.29. The van der Waals surface area contributed by atoms with Crippen LogP contribution >= 0.6 is 0 Å². The predicted molar refractivity (Wildman–Crippen MR) is 103 cm³/mol. The number of piperazine rings is 1. The maximum absolute atomic E-state index is 12.7. The first-order valence-electron chi connectivity index (χ1n) is 9.31. The first-order valence-corrected chi connectivity index (χ1v) is 10.8. The second-order valence-electron chi connectivity index (χ2n) is 6.77. The fourth-order valence-electron chi connectivity index (χ4n) is 3.49. The summed E-state index contributed by atoms with van der Waals surface area (Å²) in [5.74, 6) is 0.253. The molecule has 0 atom stereocenters. The Kier molecular flexibility index (Phi) is 5.38. The van der Waals surface area contributed by atoms with Crippen molar-refractivity contribution in [3.05, 3.63) is 48.4 Å². The Morgan fingerprint density at radius 3 is 2.18 bits per heavy atom. The van der Waals surface area contributed by atoms with Gasteiger partial charge in [0.2, 0.25) is 10.0 Å². The van der Waals surface area contributed by atoms with E-state index >= 15 is 0 Å². The molecule has 0 unspecified atom stereocenters. The number of anilines is 1. The SMILES string of the molecule is O=C(c1ccco1)N1CCN(c2ccc(S(=O)(=O)N3CCOCC3)cc2)CC1. The Morgan fingerprint density at radius 2 is 1.57 bits per heavy atom. The van der Waals surface area contributed by atoms with Gasteiger partial charge in [-0.2, -0.15) is 4.31 Å². The highest BCUT2D eigenvalue weighted by atomic mass is 32.2. The van der Waals surface area contributed by atoms with Crippen molar-refractivity contribution in [3.63, 3.8) is 0 Å². The number of furan rings is 1.